The van der Waals surface area contributed by atoms with Gasteiger partial charge in [-0.25, -0.2) is 9.97 Å². The summed E-state index contributed by atoms with van der Waals surface area (Å²) < 4.78 is 0. The van der Waals surface area contributed by atoms with Gasteiger partial charge in [-0.05, 0) is 25.0 Å². The average Bonchev–Trinajstić information content (AvgIpc) is 2.96. The van der Waals surface area contributed by atoms with E-state index < -0.39 is 0 Å². The van der Waals surface area contributed by atoms with Gasteiger partial charge in [0, 0.05) is 37.5 Å². The minimum Gasteiger partial charge on any atom is -0.352 e. The van der Waals surface area contributed by atoms with Gasteiger partial charge in [-0.1, -0.05) is 30.3 Å². The number of carbonyl (C=O) groups excluding carboxylic acids is 1. The Hall–Kier alpha value is -2.47. The summed E-state index contributed by atoms with van der Waals surface area (Å²) in [5, 5.41) is 1.17. The van der Waals surface area contributed by atoms with Crippen molar-refractivity contribution in [2.75, 3.05) is 31.1 Å². The summed E-state index contributed by atoms with van der Waals surface area (Å²) in [6.45, 7) is 7.40. The molecule has 26 heavy (non-hydrogen) atoms. The molecule has 3 heterocycles. The molecule has 3 aromatic rings. The van der Waals surface area contributed by atoms with Crippen LogP contribution in [0.15, 0.2) is 30.3 Å². The minimum absolute atomic E-state index is 0.730. The lowest BCUT2D eigenvalue weighted by molar-refractivity contribution is -0.118. The topological polar surface area (TPSA) is 49.3 Å². The molecule has 1 fully saturated rings. The molecule has 0 bridgehead atoms. The fourth-order valence-electron chi connectivity index (χ4n) is 3.40. The molecule has 6 heteroatoms. The Kier molecular flexibility index (Phi) is 4.59. The number of rotatable bonds is 4. The molecule has 4 rings (SSSR count). The highest BCUT2D eigenvalue weighted by Gasteiger charge is 2.22. The third-order valence-corrected chi connectivity index (χ3v) is 6.12. The first-order chi connectivity index (χ1) is 12.7. The number of amides is 1. The van der Waals surface area contributed by atoms with Crippen LogP contribution in [0.5, 0.6) is 0 Å². The molecule has 0 atom stereocenters. The average molecular weight is 366 g/mol. The number of aromatic nitrogens is 2. The van der Waals surface area contributed by atoms with E-state index in [4.69, 9.17) is 9.97 Å². The highest BCUT2D eigenvalue weighted by Crippen LogP contribution is 2.35. The van der Waals surface area contributed by atoms with Crippen LogP contribution < -0.4 is 4.90 Å². The lowest BCUT2D eigenvalue weighted by atomic mass is 10.1. The Labute approximate surface area is 157 Å². The third kappa shape index (κ3) is 3.17. The third-order valence-electron chi connectivity index (χ3n) is 5.02. The molecule has 0 saturated carbocycles. The predicted octanol–water partition coefficient (Wildman–Crippen LogP) is 3.18. The number of piperazine rings is 1. The summed E-state index contributed by atoms with van der Waals surface area (Å²) in [5.74, 6) is 1.88. The summed E-state index contributed by atoms with van der Waals surface area (Å²) in [6, 6.07) is 10.3. The van der Waals surface area contributed by atoms with Gasteiger partial charge in [-0.3, -0.25) is 4.79 Å². The van der Waals surface area contributed by atoms with Crippen molar-refractivity contribution in [3.05, 3.63) is 52.2 Å². The molecule has 2 aromatic heterocycles. The molecule has 5 nitrogen and oxygen atoms in total. The van der Waals surface area contributed by atoms with Gasteiger partial charge in [-0.15, -0.1) is 11.3 Å². The van der Waals surface area contributed by atoms with Crippen LogP contribution in [-0.2, 0) is 11.2 Å². The van der Waals surface area contributed by atoms with E-state index in [1.807, 2.05) is 23.1 Å². The summed E-state index contributed by atoms with van der Waals surface area (Å²) in [4.78, 5) is 27.3. The van der Waals surface area contributed by atoms with Crippen molar-refractivity contribution in [2.24, 2.45) is 0 Å². The summed E-state index contributed by atoms with van der Waals surface area (Å²) in [7, 11) is 0. The standard InChI is InChI=1S/C20H22N4OS/c1-14-15(2)26-20-18(14)19(24-10-8-23(13-25)9-11-24)21-17(22-20)12-16-6-4-3-5-7-16/h3-7,13H,8-12H2,1-2H3. The van der Waals surface area contributed by atoms with E-state index in [1.54, 1.807) is 11.3 Å². The molecule has 0 aliphatic carbocycles. The Bertz CT molecular complexity index is 930. The van der Waals surface area contributed by atoms with Crippen molar-refractivity contribution in [1.82, 2.24) is 14.9 Å². The summed E-state index contributed by atoms with van der Waals surface area (Å²) in [6.07, 6.45) is 1.67. The highest BCUT2D eigenvalue weighted by atomic mass is 32.1. The maximum absolute atomic E-state index is 11.0. The van der Waals surface area contributed by atoms with Gasteiger partial charge in [0.1, 0.15) is 16.5 Å². The van der Waals surface area contributed by atoms with Crippen LogP contribution >= 0.6 is 11.3 Å². The van der Waals surface area contributed by atoms with Crippen LogP contribution in [0.3, 0.4) is 0 Å². The van der Waals surface area contributed by atoms with E-state index in [1.165, 1.54) is 21.4 Å². The lowest BCUT2D eigenvalue weighted by Crippen LogP contribution is -2.46. The van der Waals surface area contributed by atoms with Crippen LogP contribution in [0.25, 0.3) is 10.2 Å². The first-order valence-corrected chi connectivity index (χ1v) is 9.72. The fraction of sp³-hybridized carbons (Fsp3) is 0.350. The van der Waals surface area contributed by atoms with Crippen LogP contribution in [0, 0.1) is 13.8 Å². The number of carbonyl (C=O) groups is 1. The van der Waals surface area contributed by atoms with Gasteiger partial charge in [0.05, 0.1) is 5.39 Å². The van der Waals surface area contributed by atoms with Gasteiger partial charge in [0.2, 0.25) is 6.41 Å². The van der Waals surface area contributed by atoms with Crippen molar-refractivity contribution < 1.29 is 4.79 Å². The van der Waals surface area contributed by atoms with Crippen molar-refractivity contribution in [2.45, 2.75) is 20.3 Å². The smallest absolute Gasteiger partial charge is 0.209 e. The fourth-order valence-corrected chi connectivity index (χ4v) is 4.44. The van der Waals surface area contributed by atoms with Crippen molar-refractivity contribution in [1.29, 1.82) is 0 Å². The van der Waals surface area contributed by atoms with Crippen molar-refractivity contribution in [3.8, 4) is 0 Å². The number of nitrogens with zero attached hydrogens (tertiary/aromatic N) is 4. The van der Waals surface area contributed by atoms with E-state index in [-0.39, 0.29) is 0 Å². The van der Waals surface area contributed by atoms with Crippen molar-refractivity contribution in [3.63, 3.8) is 0 Å². The van der Waals surface area contributed by atoms with E-state index >= 15 is 0 Å². The van der Waals surface area contributed by atoms with E-state index in [0.29, 0.717) is 0 Å². The maximum Gasteiger partial charge on any atom is 0.209 e. The van der Waals surface area contributed by atoms with Crippen LogP contribution in [0.4, 0.5) is 5.82 Å². The SMILES string of the molecule is Cc1sc2nc(Cc3ccccc3)nc(N3CCN(C=O)CC3)c2c1C. The molecule has 1 saturated heterocycles. The molecule has 0 N–H and O–H groups in total. The monoisotopic (exact) mass is 366 g/mol. The Morgan fingerprint density at radius 1 is 1.08 bits per heavy atom. The summed E-state index contributed by atoms with van der Waals surface area (Å²) >= 11 is 1.74. The van der Waals surface area contributed by atoms with Crippen LogP contribution in [0.1, 0.15) is 21.8 Å². The van der Waals surface area contributed by atoms with Crippen molar-refractivity contribution >= 4 is 33.8 Å². The second-order valence-corrected chi connectivity index (χ2v) is 7.92. The number of hydrogen-bond acceptors (Lipinski definition) is 5. The number of anilines is 1. The lowest BCUT2D eigenvalue weighted by Gasteiger charge is -2.33. The Morgan fingerprint density at radius 3 is 2.50 bits per heavy atom. The number of fused-ring (bicyclic) bond motifs is 1. The van der Waals surface area contributed by atoms with Crippen LogP contribution in [0.2, 0.25) is 0 Å². The minimum atomic E-state index is 0.730. The second-order valence-electron chi connectivity index (χ2n) is 6.72. The largest absolute Gasteiger partial charge is 0.352 e. The van der Waals surface area contributed by atoms with Gasteiger partial charge >= 0.3 is 0 Å². The number of benzene rings is 1. The molecule has 1 amide bonds. The van der Waals surface area contributed by atoms with E-state index in [2.05, 4.69) is 30.9 Å². The first kappa shape index (κ1) is 17.0. The normalized spacial score (nSPS) is 14.8. The molecule has 0 spiro atoms. The predicted molar refractivity (Wildman–Crippen MR) is 106 cm³/mol. The number of thiophene rings is 1. The van der Waals surface area contributed by atoms with Gasteiger partial charge in [0.15, 0.2) is 0 Å². The Morgan fingerprint density at radius 2 is 1.81 bits per heavy atom. The van der Waals surface area contributed by atoms with Gasteiger partial charge in [0.25, 0.3) is 0 Å². The molecule has 0 unspecified atom stereocenters. The molecule has 1 aliphatic heterocycles. The molecule has 134 valence electrons. The van der Waals surface area contributed by atoms with Gasteiger partial charge in [-0.2, -0.15) is 0 Å². The Balaban J connectivity index is 1.75. The van der Waals surface area contributed by atoms with Crippen LogP contribution in [-0.4, -0.2) is 47.5 Å². The zero-order valence-corrected chi connectivity index (χ0v) is 15.9. The molecular weight excluding hydrogens is 344 g/mol. The number of hydrogen-bond donors (Lipinski definition) is 0. The van der Waals surface area contributed by atoms with E-state index in [0.717, 1.165) is 55.5 Å². The molecule has 1 aromatic carbocycles. The molecular formula is C20H22N4OS. The zero-order valence-electron chi connectivity index (χ0n) is 15.1. The van der Waals surface area contributed by atoms with E-state index in [9.17, 15) is 4.79 Å². The first-order valence-electron chi connectivity index (χ1n) is 8.90. The second kappa shape index (κ2) is 7.03. The van der Waals surface area contributed by atoms with Gasteiger partial charge < -0.3 is 9.80 Å². The molecule has 0 radical (unpaired) electrons. The quantitative estimate of drug-likeness (QED) is 0.666. The highest BCUT2D eigenvalue weighted by molar-refractivity contribution is 7.18. The number of aryl methyl sites for hydroxylation is 2. The summed E-state index contributed by atoms with van der Waals surface area (Å²) in [5.41, 5.74) is 2.48. The molecule has 1 aliphatic rings. The maximum atomic E-state index is 11.0. The zero-order chi connectivity index (χ0) is 18.1.